The van der Waals surface area contributed by atoms with Gasteiger partial charge in [0.2, 0.25) is 0 Å². The van der Waals surface area contributed by atoms with Crippen molar-refractivity contribution in [3.63, 3.8) is 0 Å². The van der Waals surface area contributed by atoms with Crippen LogP contribution in [0.2, 0.25) is 5.02 Å². The molecule has 0 saturated carbocycles. The summed E-state index contributed by atoms with van der Waals surface area (Å²) < 4.78 is 0. The van der Waals surface area contributed by atoms with Gasteiger partial charge in [-0.15, -0.1) is 0 Å². The van der Waals surface area contributed by atoms with E-state index in [1.807, 2.05) is 32.0 Å². The Bertz CT molecular complexity index is 640. The average Bonchev–Trinajstić information content (AvgIpc) is 2.96. The normalized spacial score (nSPS) is 12.4. The molecule has 0 radical (unpaired) electrons. The van der Waals surface area contributed by atoms with Gasteiger partial charge in [0, 0.05) is 23.2 Å². The van der Waals surface area contributed by atoms with Crippen LogP contribution in [0, 0.1) is 5.92 Å². The van der Waals surface area contributed by atoms with Crippen molar-refractivity contribution in [3.8, 4) is 11.3 Å². The predicted molar refractivity (Wildman–Crippen MR) is 86.8 cm³/mol. The molecule has 1 unspecified atom stereocenters. The third-order valence-electron chi connectivity index (χ3n) is 3.59. The van der Waals surface area contributed by atoms with Gasteiger partial charge in [-0.1, -0.05) is 43.6 Å². The molecule has 2 rings (SSSR count). The molecule has 0 saturated heterocycles. The van der Waals surface area contributed by atoms with Crippen molar-refractivity contribution in [2.45, 2.75) is 26.3 Å². The average molecular weight is 322 g/mol. The van der Waals surface area contributed by atoms with Crippen LogP contribution in [0.5, 0.6) is 0 Å². The van der Waals surface area contributed by atoms with Crippen LogP contribution >= 0.6 is 11.6 Å². The van der Waals surface area contributed by atoms with Gasteiger partial charge in [-0.05, 0) is 18.4 Å². The zero-order valence-corrected chi connectivity index (χ0v) is 13.4. The predicted octanol–water partition coefficient (Wildman–Crippen LogP) is 2.87. The third kappa shape index (κ3) is 3.67. The fourth-order valence-corrected chi connectivity index (χ4v) is 2.52. The summed E-state index contributed by atoms with van der Waals surface area (Å²) >= 11 is 6.19. The van der Waals surface area contributed by atoms with Crippen molar-refractivity contribution in [2.75, 3.05) is 6.61 Å². The number of hydrogen-bond acceptors (Lipinski definition) is 3. The number of aromatic nitrogens is 2. The molecule has 0 fully saturated rings. The highest BCUT2D eigenvalue weighted by molar-refractivity contribution is 6.33. The van der Waals surface area contributed by atoms with Gasteiger partial charge in [-0.25, -0.2) is 0 Å². The third-order valence-corrected chi connectivity index (χ3v) is 3.92. The Morgan fingerprint density at radius 1 is 1.41 bits per heavy atom. The van der Waals surface area contributed by atoms with Crippen molar-refractivity contribution in [1.82, 2.24) is 15.5 Å². The number of carbonyl (C=O) groups is 1. The van der Waals surface area contributed by atoms with Crippen molar-refractivity contribution in [2.24, 2.45) is 5.92 Å². The molecule has 22 heavy (non-hydrogen) atoms. The molecular weight excluding hydrogens is 302 g/mol. The van der Waals surface area contributed by atoms with E-state index >= 15 is 0 Å². The number of nitrogens with one attached hydrogen (secondary N) is 2. The highest BCUT2D eigenvalue weighted by Gasteiger charge is 2.21. The van der Waals surface area contributed by atoms with Gasteiger partial charge in [0.15, 0.2) is 0 Å². The van der Waals surface area contributed by atoms with E-state index in [-0.39, 0.29) is 24.5 Å². The second kappa shape index (κ2) is 7.42. The number of hydrogen-bond donors (Lipinski definition) is 3. The molecule has 1 amide bonds. The molecule has 1 aromatic carbocycles. The number of rotatable bonds is 6. The number of aromatic amines is 1. The van der Waals surface area contributed by atoms with Gasteiger partial charge in [0.25, 0.3) is 5.91 Å². The van der Waals surface area contributed by atoms with Crippen molar-refractivity contribution < 1.29 is 9.90 Å². The first-order chi connectivity index (χ1) is 10.5. The molecule has 6 heteroatoms. The number of carbonyl (C=O) groups excluding carboxylic acids is 1. The number of amides is 1. The number of halogens is 1. The molecule has 1 atom stereocenters. The molecule has 1 aromatic heterocycles. The topological polar surface area (TPSA) is 78.0 Å². The molecule has 0 aliphatic carbocycles. The Kier molecular flexibility index (Phi) is 5.57. The SMILES string of the molecule is CC(C)C(CCO)NC(=O)c1cn[nH]c1-c1ccccc1Cl. The van der Waals surface area contributed by atoms with Gasteiger partial charge >= 0.3 is 0 Å². The van der Waals surface area contributed by atoms with Crippen LogP contribution in [-0.4, -0.2) is 33.9 Å². The largest absolute Gasteiger partial charge is 0.396 e. The zero-order valence-electron chi connectivity index (χ0n) is 12.6. The van der Waals surface area contributed by atoms with Crippen LogP contribution in [0.1, 0.15) is 30.6 Å². The Morgan fingerprint density at radius 3 is 2.77 bits per heavy atom. The maximum atomic E-state index is 12.5. The number of benzene rings is 1. The van der Waals surface area contributed by atoms with E-state index in [1.54, 1.807) is 6.07 Å². The van der Waals surface area contributed by atoms with Gasteiger partial charge in [0.1, 0.15) is 0 Å². The summed E-state index contributed by atoms with van der Waals surface area (Å²) in [6.07, 6.45) is 2.01. The lowest BCUT2D eigenvalue weighted by molar-refractivity contribution is 0.0917. The lowest BCUT2D eigenvalue weighted by Crippen LogP contribution is -2.39. The van der Waals surface area contributed by atoms with E-state index in [0.717, 1.165) is 5.56 Å². The fraction of sp³-hybridized carbons (Fsp3) is 0.375. The molecule has 0 aliphatic rings. The maximum absolute atomic E-state index is 12.5. The zero-order chi connectivity index (χ0) is 16.1. The summed E-state index contributed by atoms with van der Waals surface area (Å²) in [6.45, 7) is 4.04. The molecule has 118 valence electrons. The molecule has 0 bridgehead atoms. The number of aliphatic hydroxyl groups excluding tert-OH is 1. The van der Waals surface area contributed by atoms with Crippen LogP contribution in [-0.2, 0) is 0 Å². The van der Waals surface area contributed by atoms with Crippen LogP contribution in [0.4, 0.5) is 0 Å². The number of nitrogens with zero attached hydrogens (tertiary/aromatic N) is 1. The van der Waals surface area contributed by atoms with Crippen molar-refractivity contribution in [3.05, 3.63) is 41.0 Å². The molecule has 5 nitrogen and oxygen atoms in total. The van der Waals surface area contributed by atoms with E-state index in [2.05, 4.69) is 15.5 Å². The smallest absolute Gasteiger partial charge is 0.255 e. The molecule has 0 aliphatic heterocycles. The van der Waals surface area contributed by atoms with Crippen LogP contribution in [0.3, 0.4) is 0 Å². The van der Waals surface area contributed by atoms with E-state index in [0.29, 0.717) is 22.7 Å². The Labute approximate surface area is 134 Å². The van der Waals surface area contributed by atoms with Gasteiger partial charge < -0.3 is 10.4 Å². The summed E-state index contributed by atoms with van der Waals surface area (Å²) in [4.78, 5) is 12.5. The van der Waals surface area contributed by atoms with E-state index in [9.17, 15) is 4.79 Å². The second-order valence-electron chi connectivity index (χ2n) is 5.47. The summed E-state index contributed by atoms with van der Waals surface area (Å²) in [5.41, 5.74) is 1.77. The summed E-state index contributed by atoms with van der Waals surface area (Å²) in [5.74, 6) is 0.00239. The Hall–Kier alpha value is -1.85. The molecule has 2 aromatic rings. The quantitative estimate of drug-likeness (QED) is 0.765. The van der Waals surface area contributed by atoms with Gasteiger partial charge in [0.05, 0.1) is 17.5 Å². The molecule has 0 spiro atoms. The van der Waals surface area contributed by atoms with Crippen LogP contribution < -0.4 is 5.32 Å². The summed E-state index contributed by atoms with van der Waals surface area (Å²) in [6, 6.07) is 7.19. The minimum absolute atomic E-state index is 0.0336. The van der Waals surface area contributed by atoms with Crippen LogP contribution in [0.25, 0.3) is 11.3 Å². The summed E-state index contributed by atoms with van der Waals surface area (Å²) in [5, 5.41) is 19.4. The van der Waals surface area contributed by atoms with E-state index < -0.39 is 0 Å². The van der Waals surface area contributed by atoms with Crippen molar-refractivity contribution >= 4 is 17.5 Å². The Morgan fingerprint density at radius 2 is 2.14 bits per heavy atom. The first-order valence-corrected chi connectivity index (χ1v) is 7.62. The fourth-order valence-electron chi connectivity index (χ4n) is 2.28. The van der Waals surface area contributed by atoms with Crippen molar-refractivity contribution in [1.29, 1.82) is 0 Å². The maximum Gasteiger partial charge on any atom is 0.255 e. The monoisotopic (exact) mass is 321 g/mol. The first kappa shape index (κ1) is 16.5. The van der Waals surface area contributed by atoms with E-state index in [1.165, 1.54) is 6.20 Å². The van der Waals surface area contributed by atoms with Gasteiger partial charge in [-0.3, -0.25) is 9.89 Å². The second-order valence-corrected chi connectivity index (χ2v) is 5.88. The molecule has 1 heterocycles. The number of aliphatic hydroxyl groups is 1. The van der Waals surface area contributed by atoms with E-state index in [4.69, 9.17) is 16.7 Å². The lowest BCUT2D eigenvalue weighted by atomic mass is 10.0. The summed E-state index contributed by atoms with van der Waals surface area (Å²) in [7, 11) is 0. The Balaban J connectivity index is 2.25. The lowest BCUT2D eigenvalue weighted by Gasteiger charge is -2.21. The molecular formula is C16H20ClN3O2. The highest BCUT2D eigenvalue weighted by atomic mass is 35.5. The highest BCUT2D eigenvalue weighted by Crippen LogP contribution is 2.28. The van der Waals surface area contributed by atoms with Crippen LogP contribution in [0.15, 0.2) is 30.5 Å². The number of H-pyrrole nitrogens is 1. The minimum atomic E-state index is -0.226. The minimum Gasteiger partial charge on any atom is -0.396 e. The standard InChI is InChI=1S/C16H20ClN3O2/c1-10(2)14(7-8-21)19-16(22)12-9-18-20-15(12)11-5-3-4-6-13(11)17/h3-6,9-10,14,21H,7-8H2,1-2H3,(H,18,20)(H,19,22). The molecule has 3 N–H and O–H groups in total. The first-order valence-electron chi connectivity index (χ1n) is 7.24. The van der Waals surface area contributed by atoms with Gasteiger partial charge in [-0.2, -0.15) is 5.10 Å².